The van der Waals surface area contributed by atoms with Crippen molar-refractivity contribution in [2.45, 2.75) is 69.2 Å². The highest BCUT2D eigenvalue weighted by molar-refractivity contribution is 6.34. The molecule has 0 aromatic heterocycles. The molecular formula is C29H32Cl2F4N2O3. The second-order valence-corrected chi connectivity index (χ2v) is 12.0. The molecule has 5 nitrogen and oxygen atoms in total. The first-order valence-corrected chi connectivity index (χ1v) is 14.4. The Morgan fingerprint density at radius 2 is 1.73 bits per heavy atom. The van der Waals surface area contributed by atoms with E-state index in [-0.39, 0.29) is 31.3 Å². The number of aliphatic carboxylic acids is 1. The Balaban J connectivity index is 1.22. The lowest BCUT2D eigenvalue weighted by Gasteiger charge is -2.37. The van der Waals surface area contributed by atoms with Crippen LogP contribution in [0.25, 0.3) is 0 Å². The molecule has 2 aromatic carbocycles. The van der Waals surface area contributed by atoms with Crippen LogP contribution in [0.15, 0.2) is 30.3 Å². The molecule has 1 aliphatic carbocycles. The summed E-state index contributed by atoms with van der Waals surface area (Å²) in [5, 5.41) is 10.0. The number of likely N-dealkylation sites (tertiary alicyclic amines) is 2. The van der Waals surface area contributed by atoms with Gasteiger partial charge in [0.25, 0.3) is 6.43 Å². The number of hydrogen-bond donors (Lipinski definition) is 1. The molecule has 218 valence electrons. The Bertz CT molecular complexity index is 1200. The van der Waals surface area contributed by atoms with Crippen LogP contribution in [-0.4, -0.2) is 65.8 Å². The van der Waals surface area contributed by atoms with Crippen LogP contribution in [0, 0.1) is 11.7 Å². The van der Waals surface area contributed by atoms with Gasteiger partial charge in [-0.15, -0.1) is 0 Å². The van der Waals surface area contributed by atoms with Crippen molar-refractivity contribution in [1.82, 2.24) is 9.80 Å². The first kappa shape index (κ1) is 29.4. The monoisotopic (exact) mass is 602 g/mol. The number of piperidine rings is 1. The molecule has 0 bridgehead atoms. The predicted octanol–water partition coefficient (Wildman–Crippen LogP) is 7.10. The second kappa shape index (κ2) is 12.4. The van der Waals surface area contributed by atoms with Gasteiger partial charge in [-0.25, -0.2) is 17.6 Å². The molecule has 0 spiro atoms. The number of alkyl halides is 3. The highest BCUT2D eigenvalue weighted by atomic mass is 35.5. The van der Waals surface area contributed by atoms with Crippen LogP contribution >= 0.6 is 23.2 Å². The Labute approximate surface area is 241 Å². The standard InChI is InChI=1S/C29H32Cl2F4N2O3/c30-20-7-18(8-21(31)10-20)27(28(34)35)36-5-3-16(4-6-36)15-40-26-12-24(33)19(9-23(26)17-1-2-17)13-37-14-22(32)11-25(37)29(38)39/h7-10,12,16-17,22,25,27-28H,1-6,11,13-15H2,(H,38,39)/t22-,25+,27+/m1/s1. The third-order valence-corrected chi connectivity index (χ3v) is 8.63. The third kappa shape index (κ3) is 6.86. The number of carboxylic acid groups (broad SMARTS) is 1. The number of rotatable bonds is 10. The molecule has 2 aromatic rings. The first-order chi connectivity index (χ1) is 19.1. The van der Waals surface area contributed by atoms with Gasteiger partial charge in [-0.3, -0.25) is 14.6 Å². The van der Waals surface area contributed by atoms with E-state index in [1.807, 2.05) is 0 Å². The molecule has 40 heavy (non-hydrogen) atoms. The van der Waals surface area contributed by atoms with Crippen molar-refractivity contribution >= 4 is 29.2 Å². The number of ether oxygens (including phenoxy) is 1. The van der Waals surface area contributed by atoms with Crippen molar-refractivity contribution in [3.8, 4) is 5.75 Å². The van der Waals surface area contributed by atoms with Gasteiger partial charge in [0.15, 0.2) is 0 Å². The molecule has 3 fully saturated rings. The summed E-state index contributed by atoms with van der Waals surface area (Å²) in [5.41, 5.74) is 1.60. The van der Waals surface area contributed by atoms with Crippen LogP contribution in [0.4, 0.5) is 17.6 Å². The molecule has 11 heteroatoms. The van der Waals surface area contributed by atoms with E-state index in [0.29, 0.717) is 59.5 Å². The molecule has 5 rings (SSSR count). The summed E-state index contributed by atoms with van der Waals surface area (Å²) in [6.07, 6.45) is -0.753. The van der Waals surface area contributed by atoms with E-state index < -0.39 is 36.5 Å². The quantitative estimate of drug-likeness (QED) is 0.294. The average Bonchev–Trinajstić information content (AvgIpc) is 3.66. The van der Waals surface area contributed by atoms with Crippen LogP contribution in [0.3, 0.4) is 0 Å². The molecule has 3 aliphatic rings. The minimum atomic E-state index is -2.60. The molecule has 2 saturated heterocycles. The van der Waals surface area contributed by atoms with Gasteiger partial charge in [0.05, 0.1) is 12.6 Å². The van der Waals surface area contributed by atoms with Crippen molar-refractivity contribution in [3.63, 3.8) is 0 Å². The van der Waals surface area contributed by atoms with Gasteiger partial charge in [0.2, 0.25) is 0 Å². The van der Waals surface area contributed by atoms with E-state index in [0.717, 1.165) is 18.4 Å². The maximum absolute atomic E-state index is 15.1. The zero-order valence-electron chi connectivity index (χ0n) is 21.8. The number of benzene rings is 2. The Kier molecular flexibility index (Phi) is 9.14. The van der Waals surface area contributed by atoms with Gasteiger partial charge in [-0.2, -0.15) is 0 Å². The number of carbonyl (C=O) groups is 1. The smallest absolute Gasteiger partial charge is 0.321 e. The lowest BCUT2D eigenvalue weighted by Crippen LogP contribution is -2.40. The van der Waals surface area contributed by atoms with Gasteiger partial charge < -0.3 is 9.84 Å². The van der Waals surface area contributed by atoms with Gasteiger partial charge in [-0.1, -0.05) is 23.2 Å². The molecule has 0 amide bonds. The molecular weight excluding hydrogens is 571 g/mol. The van der Waals surface area contributed by atoms with E-state index >= 15 is 4.39 Å². The highest BCUT2D eigenvalue weighted by Gasteiger charge is 2.38. The summed E-state index contributed by atoms with van der Waals surface area (Å²) in [6.45, 7) is 1.22. The fraction of sp³-hybridized carbons (Fsp3) is 0.552. The summed E-state index contributed by atoms with van der Waals surface area (Å²) >= 11 is 12.1. The zero-order chi connectivity index (χ0) is 28.6. The molecule has 3 atom stereocenters. The number of halogens is 6. The maximum atomic E-state index is 15.1. The van der Waals surface area contributed by atoms with Crippen LogP contribution < -0.4 is 4.74 Å². The Morgan fingerprint density at radius 1 is 1.05 bits per heavy atom. The van der Waals surface area contributed by atoms with Crippen LogP contribution in [0.5, 0.6) is 5.75 Å². The normalized spacial score (nSPS) is 23.6. The van der Waals surface area contributed by atoms with Crippen molar-refractivity contribution in [1.29, 1.82) is 0 Å². The van der Waals surface area contributed by atoms with Gasteiger partial charge in [0.1, 0.15) is 23.8 Å². The van der Waals surface area contributed by atoms with Crippen LogP contribution in [-0.2, 0) is 11.3 Å². The molecule has 0 unspecified atom stereocenters. The number of hydrogen-bond acceptors (Lipinski definition) is 4. The van der Waals surface area contributed by atoms with Crippen molar-refractivity contribution < 1.29 is 32.2 Å². The van der Waals surface area contributed by atoms with Crippen LogP contribution in [0.1, 0.15) is 60.8 Å². The molecule has 1 N–H and O–H groups in total. The highest BCUT2D eigenvalue weighted by Crippen LogP contribution is 2.45. The summed E-state index contributed by atoms with van der Waals surface area (Å²) < 4.78 is 63.3. The second-order valence-electron chi connectivity index (χ2n) is 11.1. The van der Waals surface area contributed by atoms with Crippen molar-refractivity contribution in [3.05, 3.63) is 62.9 Å². The molecule has 2 heterocycles. The number of nitrogens with zero attached hydrogens (tertiary/aromatic N) is 2. The zero-order valence-corrected chi connectivity index (χ0v) is 23.4. The lowest BCUT2D eigenvalue weighted by atomic mass is 9.94. The maximum Gasteiger partial charge on any atom is 0.321 e. The molecule has 0 radical (unpaired) electrons. The fourth-order valence-electron chi connectivity index (χ4n) is 5.94. The minimum Gasteiger partial charge on any atom is -0.493 e. The van der Waals surface area contributed by atoms with E-state index in [1.54, 1.807) is 11.0 Å². The van der Waals surface area contributed by atoms with Crippen molar-refractivity contribution in [2.24, 2.45) is 5.92 Å². The minimum absolute atomic E-state index is 0.0187. The third-order valence-electron chi connectivity index (χ3n) is 8.19. The van der Waals surface area contributed by atoms with E-state index in [9.17, 15) is 23.1 Å². The summed E-state index contributed by atoms with van der Waals surface area (Å²) in [7, 11) is 0. The largest absolute Gasteiger partial charge is 0.493 e. The SMILES string of the molecule is O=C(O)[C@@H]1C[C@@H](F)CN1Cc1cc(C2CC2)c(OCC2CCN([C@@H](c3cc(Cl)cc(Cl)c3)C(F)F)CC2)cc1F. The lowest BCUT2D eigenvalue weighted by molar-refractivity contribution is -0.142. The Morgan fingerprint density at radius 3 is 2.33 bits per heavy atom. The van der Waals surface area contributed by atoms with E-state index in [4.69, 9.17) is 27.9 Å². The van der Waals surface area contributed by atoms with Gasteiger partial charge in [0, 0.05) is 41.2 Å². The predicted molar refractivity (Wildman–Crippen MR) is 145 cm³/mol. The van der Waals surface area contributed by atoms with Gasteiger partial charge in [-0.05, 0) is 86.0 Å². The summed E-state index contributed by atoms with van der Waals surface area (Å²) in [5.74, 6) is -0.791. The summed E-state index contributed by atoms with van der Waals surface area (Å²) in [4.78, 5) is 14.7. The van der Waals surface area contributed by atoms with E-state index in [2.05, 4.69) is 0 Å². The summed E-state index contributed by atoms with van der Waals surface area (Å²) in [6, 6.07) is 5.58. The topological polar surface area (TPSA) is 53.0 Å². The molecule has 1 saturated carbocycles. The number of carboxylic acids is 1. The first-order valence-electron chi connectivity index (χ1n) is 13.6. The van der Waals surface area contributed by atoms with Crippen molar-refractivity contribution in [2.75, 3.05) is 26.2 Å². The van der Waals surface area contributed by atoms with Gasteiger partial charge >= 0.3 is 5.97 Å². The van der Waals surface area contributed by atoms with Crippen LogP contribution in [0.2, 0.25) is 10.0 Å². The average molecular weight is 603 g/mol. The fourth-order valence-corrected chi connectivity index (χ4v) is 6.49. The van der Waals surface area contributed by atoms with E-state index in [1.165, 1.54) is 29.2 Å². The molecule has 2 aliphatic heterocycles. The Hall–Kier alpha value is -2.07.